The quantitative estimate of drug-likeness (QED) is 0.813. The summed E-state index contributed by atoms with van der Waals surface area (Å²) in [5, 5.41) is 13.2. The Balaban J connectivity index is 2.80. The van der Waals surface area contributed by atoms with Gasteiger partial charge in [-0.25, -0.2) is 4.98 Å². The van der Waals surface area contributed by atoms with Gasteiger partial charge in [0, 0.05) is 0 Å². The van der Waals surface area contributed by atoms with E-state index in [-0.39, 0.29) is 18.6 Å². The zero-order valence-corrected chi connectivity index (χ0v) is 13.9. The molecule has 1 atom stereocenters. The van der Waals surface area contributed by atoms with Crippen molar-refractivity contribution in [3.63, 3.8) is 0 Å². The van der Waals surface area contributed by atoms with Gasteiger partial charge >= 0.3 is 0 Å². The van der Waals surface area contributed by atoms with Crippen LogP contribution in [0.25, 0.3) is 0 Å². The molecule has 5 heteroatoms. The van der Waals surface area contributed by atoms with Crippen molar-refractivity contribution in [2.24, 2.45) is 11.8 Å². The molecule has 0 radical (unpaired) electrons. The smallest absolute Gasteiger partial charge is 0.263 e. The molecule has 0 aromatic carbocycles. The molecule has 0 aliphatic carbocycles. The molecule has 4 nitrogen and oxygen atoms in total. The molecule has 114 valence electrons. The Morgan fingerprint density at radius 3 is 2.45 bits per heavy atom. The van der Waals surface area contributed by atoms with Crippen molar-refractivity contribution in [2.45, 2.75) is 53.5 Å². The third-order valence-corrected chi connectivity index (χ3v) is 3.94. The molecule has 0 fully saturated rings. The van der Waals surface area contributed by atoms with Crippen LogP contribution in [0.5, 0.6) is 0 Å². The number of carbonyl (C=O) groups is 1. The van der Waals surface area contributed by atoms with Crippen LogP contribution in [0.4, 0.5) is 0 Å². The van der Waals surface area contributed by atoms with E-state index in [1.807, 2.05) is 6.92 Å². The first-order valence-electron chi connectivity index (χ1n) is 7.21. The number of aryl methyl sites for hydroxylation is 1. The summed E-state index contributed by atoms with van der Waals surface area (Å²) in [5.74, 6) is 0.795. The first kappa shape index (κ1) is 17.1. The maximum absolute atomic E-state index is 12.4. The van der Waals surface area contributed by atoms with E-state index >= 15 is 0 Å². The molecule has 20 heavy (non-hydrogen) atoms. The molecule has 0 saturated carbocycles. The van der Waals surface area contributed by atoms with Crippen LogP contribution in [0.2, 0.25) is 0 Å². The average Bonchev–Trinajstić information content (AvgIpc) is 2.67. The Morgan fingerprint density at radius 1 is 1.30 bits per heavy atom. The van der Waals surface area contributed by atoms with E-state index in [0.717, 1.165) is 23.5 Å². The summed E-state index contributed by atoms with van der Waals surface area (Å²) in [4.78, 5) is 17.5. The fourth-order valence-corrected chi connectivity index (χ4v) is 3.02. The number of nitrogens with zero attached hydrogens (tertiary/aromatic N) is 1. The van der Waals surface area contributed by atoms with Crippen LogP contribution in [-0.2, 0) is 6.42 Å². The maximum Gasteiger partial charge on any atom is 0.263 e. The van der Waals surface area contributed by atoms with Crippen molar-refractivity contribution in [2.75, 3.05) is 6.61 Å². The second-order valence-electron chi connectivity index (χ2n) is 6.09. The second-order valence-corrected chi connectivity index (χ2v) is 7.29. The van der Waals surface area contributed by atoms with Gasteiger partial charge in [0.15, 0.2) is 0 Å². The predicted molar refractivity (Wildman–Crippen MR) is 83.2 cm³/mol. The van der Waals surface area contributed by atoms with E-state index in [2.05, 4.69) is 38.0 Å². The summed E-state index contributed by atoms with van der Waals surface area (Å²) in [5.41, 5.74) is 0.876. The van der Waals surface area contributed by atoms with E-state index in [4.69, 9.17) is 0 Å². The monoisotopic (exact) mass is 298 g/mol. The highest BCUT2D eigenvalue weighted by Crippen LogP contribution is 2.21. The molecule has 1 heterocycles. The Bertz CT molecular complexity index is 441. The van der Waals surface area contributed by atoms with Gasteiger partial charge in [0.05, 0.1) is 23.4 Å². The number of aliphatic hydroxyl groups is 1. The topological polar surface area (TPSA) is 62.2 Å². The molecule has 1 aromatic rings. The lowest BCUT2D eigenvalue weighted by atomic mass is 10.0. The number of amides is 1. The molecule has 0 aliphatic heterocycles. The largest absolute Gasteiger partial charge is 0.394 e. The zero-order valence-electron chi connectivity index (χ0n) is 13.1. The van der Waals surface area contributed by atoms with Crippen LogP contribution < -0.4 is 5.32 Å². The number of rotatable bonds is 7. The standard InChI is InChI=1S/C15H26N2O2S/c1-9(2)6-12(8-18)17-15(19)14-13(7-10(3)4)16-11(5)20-14/h9-10,12,18H,6-8H2,1-5H3,(H,17,19). The third kappa shape index (κ3) is 5.21. The molecule has 1 rings (SSSR count). The van der Waals surface area contributed by atoms with Crippen LogP contribution in [0, 0.1) is 18.8 Å². The number of hydrogen-bond donors (Lipinski definition) is 2. The van der Waals surface area contributed by atoms with Crippen LogP contribution >= 0.6 is 11.3 Å². The van der Waals surface area contributed by atoms with Crippen LogP contribution in [0.15, 0.2) is 0 Å². The molecule has 1 amide bonds. The SMILES string of the molecule is Cc1nc(CC(C)C)c(C(=O)NC(CO)CC(C)C)s1. The predicted octanol–water partition coefficient (Wildman–Crippen LogP) is 2.79. The minimum Gasteiger partial charge on any atom is -0.394 e. The third-order valence-electron chi connectivity index (χ3n) is 2.92. The Hall–Kier alpha value is -0.940. The summed E-state index contributed by atoms with van der Waals surface area (Å²) < 4.78 is 0. The minimum atomic E-state index is -0.184. The van der Waals surface area contributed by atoms with Crippen molar-refractivity contribution >= 4 is 17.2 Å². The zero-order chi connectivity index (χ0) is 15.3. The van der Waals surface area contributed by atoms with E-state index in [0.29, 0.717) is 16.7 Å². The highest BCUT2D eigenvalue weighted by molar-refractivity contribution is 7.13. The number of nitrogens with one attached hydrogen (secondary N) is 1. The first-order valence-corrected chi connectivity index (χ1v) is 8.03. The Kier molecular flexibility index (Phi) is 6.62. The lowest BCUT2D eigenvalue weighted by Gasteiger charge is -2.18. The highest BCUT2D eigenvalue weighted by atomic mass is 32.1. The lowest BCUT2D eigenvalue weighted by molar-refractivity contribution is 0.0911. The maximum atomic E-state index is 12.4. The number of aromatic nitrogens is 1. The van der Waals surface area contributed by atoms with Crippen molar-refractivity contribution in [1.82, 2.24) is 10.3 Å². The van der Waals surface area contributed by atoms with Crippen molar-refractivity contribution in [1.29, 1.82) is 0 Å². The Labute approximate surface area is 125 Å². The molecule has 0 bridgehead atoms. The van der Waals surface area contributed by atoms with Crippen LogP contribution in [0.3, 0.4) is 0 Å². The van der Waals surface area contributed by atoms with Crippen LogP contribution in [-0.4, -0.2) is 28.6 Å². The van der Waals surface area contributed by atoms with Gasteiger partial charge in [0.25, 0.3) is 5.91 Å². The van der Waals surface area contributed by atoms with Gasteiger partial charge in [-0.2, -0.15) is 0 Å². The van der Waals surface area contributed by atoms with E-state index in [1.54, 1.807) is 0 Å². The highest BCUT2D eigenvalue weighted by Gasteiger charge is 2.20. The van der Waals surface area contributed by atoms with Crippen molar-refractivity contribution < 1.29 is 9.90 Å². The molecule has 1 unspecified atom stereocenters. The Morgan fingerprint density at radius 2 is 1.95 bits per heavy atom. The fraction of sp³-hybridized carbons (Fsp3) is 0.733. The first-order chi connectivity index (χ1) is 9.33. The van der Waals surface area contributed by atoms with Gasteiger partial charge in [-0.1, -0.05) is 27.7 Å². The summed E-state index contributed by atoms with van der Waals surface area (Å²) in [6.07, 6.45) is 1.58. The van der Waals surface area contributed by atoms with Crippen molar-refractivity contribution in [3.05, 3.63) is 15.6 Å². The van der Waals surface area contributed by atoms with Gasteiger partial charge in [0.1, 0.15) is 4.88 Å². The molecule has 0 saturated heterocycles. The summed E-state index contributed by atoms with van der Waals surface area (Å²) >= 11 is 1.43. The molecule has 2 N–H and O–H groups in total. The second kappa shape index (κ2) is 7.74. The van der Waals surface area contributed by atoms with E-state index < -0.39 is 0 Å². The molecule has 1 aromatic heterocycles. The number of thiazole rings is 1. The van der Waals surface area contributed by atoms with E-state index in [9.17, 15) is 9.90 Å². The van der Waals surface area contributed by atoms with Gasteiger partial charge in [-0.05, 0) is 31.6 Å². The summed E-state index contributed by atoms with van der Waals surface area (Å²) in [7, 11) is 0. The fourth-order valence-electron chi connectivity index (χ4n) is 2.17. The summed E-state index contributed by atoms with van der Waals surface area (Å²) in [6.45, 7) is 10.3. The number of hydrogen-bond acceptors (Lipinski definition) is 4. The number of aliphatic hydroxyl groups excluding tert-OH is 1. The molecule has 0 aliphatic rings. The summed E-state index contributed by atoms with van der Waals surface area (Å²) in [6, 6.07) is -0.184. The lowest BCUT2D eigenvalue weighted by Crippen LogP contribution is -2.38. The molecule has 0 spiro atoms. The normalized spacial score (nSPS) is 13.0. The van der Waals surface area contributed by atoms with E-state index in [1.165, 1.54) is 11.3 Å². The van der Waals surface area contributed by atoms with Gasteiger partial charge < -0.3 is 10.4 Å². The minimum absolute atomic E-state index is 0.0266. The van der Waals surface area contributed by atoms with Gasteiger partial charge in [-0.15, -0.1) is 11.3 Å². The van der Waals surface area contributed by atoms with Crippen LogP contribution in [0.1, 0.15) is 54.5 Å². The van der Waals surface area contributed by atoms with Gasteiger partial charge in [-0.3, -0.25) is 4.79 Å². The van der Waals surface area contributed by atoms with Crippen molar-refractivity contribution in [3.8, 4) is 0 Å². The number of carbonyl (C=O) groups excluding carboxylic acids is 1. The average molecular weight is 298 g/mol. The molecular weight excluding hydrogens is 272 g/mol. The molecular formula is C15H26N2O2S. The van der Waals surface area contributed by atoms with Gasteiger partial charge in [0.2, 0.25) is 0 Å².